The number of allylic oxidation sites excluding steroid dienone is 1. The number of ether oxygens (including phenoxy) is 1. The average molecular weight is 225 g/mol. The number of hydrogen-bond donors (Lipinski definition) is 1. The zero-order valence-electron chi connectivity index (χ0n) is 10.6. The van der Waals surface area contributed by atoms with Crippen molar-refractivity contribution in [3.8, 4) is 0 Å². The van der Waals surface area contributed by atoms with Gasteiger partial charge >= 0.3 is 6.09 Å². The van der Waals surface area contributed by atoms with Crippen molar-refractivity contribution < 1.29 is 9.53 Å². The molecule has 0 aliphatic heterocycles. The smallest absolute Gasteiger partial charge is 0.408 e. The first-order valence-electron chi connectivity index (χ1n) is 6.13. The minimum atomic E-state index is -0.421. The van der Waals surface area contributed by atoms with Gasteiger partial charge in [-0.05, 0) is 40.0 Å². The van der Waals surface area contributed by atoms with Gasteiger partial charge in [-0.3, -0.25) is 0 Å². The highest BCUT2D eigenvalue weighted by atomic mass is 16.6. The number of carbonyl (C=O) groups is 1. The summed E-state index contributed by atoms with van der Waals surface area (Å²) >= 11 is 0. The molecule has 1 N–H and O–H groups in total. The number of hydrogen-bond acceptors (Lipinski definition) is 2. The maximum absolute atomic E-state index is 11.6. The molecule has 0 heterocycles. The molecule has 0 aromatic heterocycles. The molecule has 1 aliphatic carbocycles. The molecule has 1 aliphatic rings. The van der Waals surface area contributed by atoms with Crippen LogP contribution in [0.25, 0.3) is 0 Å². The zero-order valence-corrected chi connectivity index (χ0v) is 10.6. The van der Waals surface area contributed by atoms with Crippen LogP contribution in [-0.4, -0.2) is 17.7 Å². The van der Waals surface area contributed by atoms with Gasteiger partial charge in [0.2, 0.25) is 0 Å². The number of amides is 1. The van der Waals surface area contributed by atoms with E-state index in [2.05, 4.69) is 17.5 Å². The highest BCUT2D eigenvalue weighted by Crippen LogP contribution is 2.13. The predicted molar refractivity (Wildman–Crippen MR) is 65.4 cm³/mol. The van der Waals surface area contributed by atoms with E-state index in [0.717, 1.165) is 12.8 Å². The second kappa shape index (κ2) is 5.92. The van der Waals surface area contributed by atoms with Gasteiger partial charge in [-0.1, -0.05) is 25.0 Å². The summed E-state index contributed by atoms with van der Waals surface area (Å²) in [7, 11) is 0. The summed E-state index contributed by atoms with van der Waals surface area (Å²) in [6.45, 7) is 5.63. The number of nitrogens with one attached hydrogen (secondary N) is 1. The Bertz CT molecular complexity index is 253. The van der Waals surface area contributed by atoms with Crippen LogP contribution in [0.5, 0.6) is 0 Å². The van der Waals surface area contributed by atoms with Gasteiger partial charge in [0.1, 0.15) is 5.60 Å². The zero-order chi connectivity index (χ0) is 12.0. The number of carbonyl (C=O) groups excluding carboxylic acids is 1. The lowest BCUT2D eigenvalue weighted by Gasteiger charge is -2.22. The van der Waals surface area contributed by atoms with E-state index < -0.39 is 5.60 Å². The lowest BCUT2D eigenvalue weighted by atomic mass is 10.0. The molecule has 1 rings (SSSR count). The molecule has 3 nitrogen and oxygen atoms in total. The fourth-order valence-electron chi connectivity index (χ4n) is 1.74. The Morgan fingerprint density at radius 2 is 2.06 bits per heavy atom. The van der Waals surface area contributed by atoms with Crippen molar-refractivity contribution in [1.82, 2.24) is 5.32 Å². The molecular formula is C13H23NO2. The van der Waals surface area contributed by atoms with Crippen molar-refractivity contribution in [2.75, 3.05) is 0 Å². The molecule has 1 unspecified atom stereocenters. The van der Waals surface area contributed by atoms with E-state index in [-0.39, 0.29) is 12.1 Å². The third-order valence-electron chi connectivity index (χ3n) is 2.46. The number of rotatable bonds is 1. The summed E-state index contributed by atoms with van der Waals surface area (Å²) < 4.78 is 5.23. The molecule has 16 heavy (non-hydrogen) atoms. The van der Waals surface area contributed by atoms with Crippen LogP contribution in [-0.2, 0) is 4.74 Å². The number of alkyl carbamates (subject to hydrolysis) is 1. The molecule has 92 valence electrons. The Hall–Kier alpha value is -0.990. The molecule has 1 atom stereocenters. The highest BCUT2D eigenvalue weighted by molar-refractivity contribution is 5.68. The highest BCUT2D eigenvalue weighted by Gasteiger charge is 2.18. The first-order valence-corrected chi connectivity index (χ1v) is 6.13. The lowest BCUT2D eigenvalue weighted by molar-refractivity contribution is 0.0512. The van der Waals surface area contributed by atoms with Gasteiger partial charge in [0, 0.05) is 0 Å². The van der Waals surface area contributed by atoms with Gasteiger partial charge in [0.25, 0.3) is 0 Å². The summed E-state index contributed by atoms with van der Waals surface area (Å²) in [6.07, 6.45) is 9.73. The van der Waals surface area contributed by atoms with Crippen molar-refractivity contribution in [3.63, 3.8) is 0 Å². The van der Waals surface area contributed by atoms with Crippen molar-refractivity contribution in [3.05, 3.63) is 12.2 Å². The molecule has 0 aromatic rings. The molecule has 0 saturated heterocycles. The average Bonchev–Trinajstić information content (AvgIpc) is 2.06. The second-order valence-electron chi connectivity index (χ2n) is 5.32. The molecule has 0 radical (unpaired) electrons. The first-order chi connectivity index (χ1) is 7.47. The van der Waals surface area contributed by atoms with Crippen LogP contribution >= 0.6 is 0 Å². The summed E-state index contributed by atoms with van der Waals surface area (Å²) in [6, 6.07) is 0.134. The third-order valence-corrected chi connectivity index (χ3v) is 2.46. The van der Waals surface area contributed by atoms with E-state index in [4.69, 9.17) is 4.74 Å². The van der Waals surface area contributed by atoms with Crippen molar-refractivity contribution in [1.29, 1.82) is 0 Å². The van der Waals surface area contributed by atoms with Gasteiger partial charge in [0.15, 0.2) is 0 Å². The van der Waals surface area contributed by atoms with E-state index in [1.807, 2.05) is 20.8 Å². The maximum atomic E-state index is 11.6. The molecule has 0 aromatic carbocycles. The van der Waals surface area contributed by atoms with E-state index in [1.165, 1.54) is 19.3 Å². The van der Waals surface area contributed by atoms with E-state index in [0.29, 0.717) is 0 Å². The normalized spacial score (nSPS) is 24.1. The van der Waals surface area contributed by atoms with Crippen LogP contribution in [0.4, 0.5) is 4.79 Å². The summed E-state index contributed by atoms with van der Waals surface area (Å²) in [5.41, 5.74) is -0.421. The van der Waals surface area contributed by atoms with Gasteiger partial charge in [-0.2, -0.15) is 0 Å². The molecule has 0 saturated carbocycles. The van der Waals surface area contributed by atoms with Crippen LogP contribution in [0.15, 0.2) is 12.2 Å². The van der Waals surface area contributed by atoms with Gasteiger partial charge in [-0.15, -0.1) is 0 Å². The van der Waals surface area contributed by atoms with Crippen molar-refractivity contribution >= 4 is 6.09 Å². The Labute approximate surface area is 98.2 Å². The largest absolute Gasteiger partial charge is 0.444 e. The minimum Gasteiger partial charge on any atom is -0.444 e. The molecule has 1 amide bonds. The van der Waals surface area contributed by atoms with Crippen LogP contribution in [0, 0.1) is 0 Å². The van der Waals surface area contributed by atoms with Gasteiger partial charge < -0.3 is 10.1 Å². The quantitative estimate of drug-likeness (QED) is 0.694. The second-order valence-corrected chi connectivity index (χ2v) is 5.32. The van der Waals surface area contributed by atoms with Crippen LogP contribution in [0.3, 0.4) is 0 Å². The third kappa shape index (κ3) is 5.79. The van der Waals surface area contributed by atoms with Crippen molar-refractivity contribution in [2.24, 2.45) is 0 Å². The van der Waals surface area contributed by atoms with Gasteiger partial charge in [-0.25, -0.2) is 4.79 Å². The lowest BCUT2D eigenvalue weighted by Crippen LogP contribution is -2.38. The molecular weight excluding hydrogens is 202 g/mol. The minimum absolute atomic E-state index is 0.134. The Kier molecular flexibility index (Phi) is 4.84. The molecule has 3 heteroatoms. The Morgan fingerprint density at radius 3 is 2.75 bits per heavy atom. The fourth-order valence-corrected chi connectivity index (χ4v) is 1.74. The van der Waals surface area contributed by atoms with E-state index >= 15 is 0 Å². The Balaban J connectivity index is 2.39. The SMILES string of the molecule is CC(C)(C)OC(=O)NC1/C=C\CCCCC1. The summed E-state index contributed by atoms with van der Waals surface area (Å²) in [5, 5.41) is 2.90. The Morgan fingerprint density at radius 1 is 1.31 bits per heavy atom. The van der Waals surface area contributed by atoms with Crippen LogP contribution < -0.4 is 5.32 Å². The van der Waals surface area contributed by atoms with E-state index in [1.54, 1.807) is 0 Å². The van der Waals surface area contributed by atoms with Crippen LogP contribution in [0.2, 0.25) is 0 Å². The summed E-state index contributed by atoms with van der Waals surface area (Å²) in [4.78, 5) is 11.6. The molecule has 0 spiro atoms. The standard InChI is InChI=1S/C13H23NO2/c1-13(2,3)16-12(15)14-11-9-7-5-4-6-8-10-11/h7,9,11H,4-6,8,10H2,1-3H3,(H,14,15)/b9-7-. The monoisotopic (exact) mass is 225 g/mol. The topological polar surface area (TPSA) is 38.3 Å². The predicted octanol–water partition coefficient (Wildman–Crippen LogP) is 3.40. The van der Waals surface area contributed by atoms with E-state index in [9.17, 15) is 4.79 Å². The molecule has 0 fully saturated rings. The van der Waals surface area contributed by atoms with Crippen LogP contribution in [0.1, 0.15) is 52.9 Å². The first kappa shape index (κ1) is 13.1. The fraction of sp³-hybridized carbons (Fsp3) is 0.769. The summed E-state index contributed by atoms with van der Waals surface area (Å²) in [5.74, 6) is 0. The van der Waals surface area contributed by atoms with Gasteiger partial charge in [0.05, 0.1) is 6.04 Å². The molecule has 0 bridgehead atoms. The van der Waals surface area contributed by atoms with Crippen molar-refractivity contribution in [2.45, 2.75) is 64.5 Å². The maximum Gasteiger partial charge on any atom is 0.408 e.